The van der Waals surface area contributed by atoms with Crippen molar-refractivity contribution in [3.05, 3.63) is 22.8 Å². The molecule has 112 valence electrons. The highest BCUT2D eigenvalue weighted by Gasteiger charge is 2.20. The molecule has 0 spiro atoms. The van der Waals surface area contributed by atoms with E-state index in [1.165, 1.54) is 0 Å². The van der Waals surface area contributed by atoms with Crippen LogP contribution in [-0.2, 0) is 16.4 Å². The molecule has 1 aromatic heterocycles. The number of nitrogens with zero attached hydrogens (tertiary/aromatic N) is 2. The van der Waals surface area contributed by atoms with Crippen molar-refractivity contribution in [1.82, 2.24) is 9.88 Å². The molecule has 5 nitrogen and oxygen atoms in total. The molecule has 0 aromatic carbocycles. The van der Waals surface area contributed by atoms with E-state index in [1.807, 2.05) is 19.1 Å². The summed E-state index contributed by atoms with van der Waals surface area (Å²) in [5.74, 6) is 1.30. The van der Waals surface area contributed by atoms with Gasteiger partial charge in [-0.1, -0.05) is 11.6 Å². The number of nitrogens with one attached hydrogen (secondary N) is 1. The number of halogens is 1. The van der Waals surface area contributed by atoms with E-state index in [2.05, 4.69) is 15.2 Å². The fourth-order valence-electron chi connectivity index (χ4n) is 2.23. The third kappa shape index (κ3) is 4.33. The van der Waals surface area contributed by atoms with Gasteiger partial charge in [0.05, 0.1) is 22.2 Å². The Morgan fingerprint density at radius 1 is 1.35 bits per heavy atom. The molecule has 0 unspecified atom stereocenters. The van der Waals surface area contributed by atoms with Crippen molar-refractivity contribution in [2.75, 3.05) is 36.5 Å². The molecule has 1 fully saturated rings. The smallest absolute Gasteiger partial charge is 0.151 e. The normalized spacial score (nSPS) is 19.5. The zero-order valence-electron chi connectivity index (χ0n) is 11.6. The molecule has 0 bridgehead atoms. The molecule has 0 saturated carbocycles. The Balaban J connectivity index is 2.07. The molecular weight excluding hydrogens is 298 g/mol. The van der Waals surface area contributed by atoms with Crippen LogP contribution in [0.5, 0.6) is 0 Å². The number of rotatable bonds is 4. The maximum atomic E-state index is 11.6. The summed E-state index contributed by atoms with van der Waals surface area (Å²) >= 11 is 6.18. The van der Waals surface area contributed by atoms with E-state index in [9.17, 15) is 8.42 Å². The second-order valence-corrected chi connectivity index (χ2v) is 7.65. The first kappa shape index (κ1) is 15.5. The van der Waals surface area contributed by atoms with Crippen molar-refractivity contribution < 1.29 is 8.42 Å². The summed E-state index contributed by atoms with van der Waals surface area (Å²) < 4.78 is 23.2. The van der Waals surface area contributed by atoms with Crippen LogP contribution in [0.2, 0.25) is 5.02 Å². The number of sulfone groups is 1. The Bertz CT molecular complexity index is 563. The maximum absolute atomic E-state index is 11.6. The standard InChI is InChI=1S/C13H20ClN3O2S/c1-2-15-13-5-4-11(14)12(16-13)10-17-6-3-8-20(18,19)9-7-17/h4-5H,2-3,6-10H2,1H3,(H,15,16). The molecule has 20 heavy (non-hydrogen) atoms. The van der Waals surface area contributed by atoms with E-state index in [1.54, 1.807) is 0 Å². The lowest BCUT2D eigenvalue weighted by atomic mass is 10.3. The van der Waals surface area contributed by atoms with E-state index < -0.39 is 9.84 Å². The molecular formula is C13H20ClN3O2S. The first-order valence-electron chi connectivity index (χ1n) is 6.82. The molecule has 2 rings (SSSR count). The van der Waals surface area contributed by atoms with E-state index in [0.29, 0.717) is 24.5 Å². The van der Waals surface area contributed by atoms with Crippen LogP contribution < -0.4 is 5.32 Å². The van der Waals surface area contributed by atoms with Crippen LogP contribution in [0.15, 0.2) is 12.1 Å². The zero-order chi connectivity index (χ0) is 14.6. The van der Waals surface area contributed by atoms with Gasteiger partial charge in [0, 0.05) is 19.6 Å². The summed E-state index contributed by atoms with van der Waals surface area (Å²) in [4.78, 5) is 6.59. The molecule has 1 aromatic rings. The van der Waals surface area contributed by atoms with Gasteiger partial charge in [0.1, 0.15) is 5.82 Å². The molecule has 2 heterocycles. The van der Waals surface area contributed by atoms with Gasteiger partial charge in [-0.3, -0.25) is 4.90 Å². The quantitative estimate of drug-likeness (QED) is 0.917. The van der Waals surface area contributed by atoms with Gasteiger partial charge in [0.15, 0.2) is 9.84 Å². The van der Waals surface area contributed by atoms with E-state index in [-0.39, 0.29) is 11.5 Å². The van der Waals surface area contributed by atoms with Gasteiger partial charge in [-0.15, -0.1) is 0 Å². The van der Waals surface area contributed by atoms with Gasteiger partial charge < -0.3 is 5.32 Å². The van der Waals surface area contributed by atoms with Crippen LogP contribution in [0.1, 0.15) is 19.0 Å². The highest BCUT2D eigenvalue weighted by molar-refractivity contribution is 7.91. The van der Waals surface area contributed by atoms with Crippen LogP contribution in [-0.4, -0.2) is 49.4 Å². The zero-order valence-corrected chi connectivity index (χ0v) is 13.2. The second kappa shape index (κ2) is 6.74. The van der Waals surface area contributed by atoms with Gasteiger partial charge in [-0.2, -0.15) is 0 Å². The summed E-state index contributed by atoms with van der Waals surface area (Å²) in [6, 6.07) is 3.68. The van der Waals surface area contributed by atoms with Crippen LogP contribution in [0, 0.1) is 0 Å². The fourth-order valence-corrected chi connectivity index (χ4v) is 3.71. The predicted octanol–water partition coefficient (Wildman–Crippen LogP) is 1.79. The Morgan fingerprint density at radius 3 is 2.90 bits per heavy atom. The van der Waals surface area contributed by atoms with Crippen molar-refractivity contribution in [2.24, 2.45) is 0 Å². The Labute approximate surface area is 125 Å². The van der Waals surface area contributed by atoms with Crippen molar-refractivity contribution in [3.63, 3.8) is 0 Å². The number of aromatic nitrogens is 1. The lowest BCUT2D eigenvalue weighted by Crippen LogP contribution is -2.27. The summed E-state index contributed by atoms with van der Waals surface area (Å²) in [6.07, 6.45) is 0.673. The molecule has 0 radical (unpaired) electrons. The number of hydrogen-bond donors (Lipinski definition) is 1. The summed E-state index contributed by atoms with van der Waals surface area (Å²) in [7, 11) is -2.88. The summed E-state index contributed by atoms with van der Waals surface area (Å²) in [5, 5.41) is 3.78. The second-order valence-electron chi connectivity index (χ2n) is 4.94. The highest BCUT2D eigenvalue weighted by atomic mass is 35.5. The lowest BCUT2D eigenvalue weighted by molar-refractivity contribution is 0.284. The molecule has 1 aliphatic rings. The van der Waals surface area contributed by atoms with E-state index in [0.717, 1.165) is 24.6 Å². The molecule has 7 heteroatoms. The highest BCUT2D eigenvalue weighted by Crippen LogP contribution is 2.19. The fraction of sp³-hybridized carbons (Fsp3) is 0.615. The monoisotopic (exact) mass is 317 g/mol. The number of pyridine rings is 1. The predicted molar refractivity (Wildman–Crippen MR) is 82.0 cm³/mol. The first-order chi connectivity index (χ1) is 9.50. The minimum absolute atomic E-state index is 0.220. The van der Waals surface area contributed by atoms with Crippen LogP contribution in [0.3, 0.4) is 0 Å². The topological polar surface area (TPSA) is 62.3 Å². The van der Waals surface area contributed by atoms with Crippen molar-refractivity contribution in [2.45, 2.75) is 19.9 Å². The minimum Gasteiger partial charge on any atom is -0.370 e. The molecule has 1 aliphatic heterocycles. The van der Waals surface area contributed by atoms with E-state index >= 15 is 0 Å². The molecule has 0 atom stereocenters. The van der Waals surface area contributed by atoms with Gasteiger partial charge >= 0.3 is 0 Å². The van der Waals surface area contributed by atoms with Crippen molar-refractivity contribution >= 4 is 27.3 Å². The van der Waals surface area contributed by atoms with Gasteiger partial charge in [-0.05, 0) is 32.0 Å². The molecule has 1 saturated heterocycles. The average molecular weight is 318 g/mol. The maximum Gasteiger partial charge on any atom is 0.151 e. The number of hydrogen-bond acceptors (Lipinski definition) is 5. The van der Waals surface area contributed by atoms with Gasteiger partial charge in [0.25, 0.3) is 0 Å². The third-order valence-corrected chi connectivity index (χ3v) is 5.36. The van der Waals surface area contributed by atoms with Crippen LogP contribution in [0.25, 0.3) is 0 Å². The average Bonchev–Trinajstić information content (AvgIpc) is 2.55. The Hall–Kier alpha value is -0.850. The SMILES string of the molecule is CCNc1ccc(Cl)c(CN2CCCS(=O)(=O)CC2)n1. The third-order valence-electron chi connectivity index (χ3n) is 3.30. The van der Waals surface area contributed by atoms with Gasteiger partial charge in [0.2, 0.25) is 0 Å². The lowest BCUT2D eigenvalue weighted by Gasteiger charge is -2.19. The van der Waals surface area contributed by atoms with Crippen molar-refractivity contribution in [1.29, 1.82) is 0 Å². The van der Waals surface area contributed by atoms with Gasteiger partial charge in [-0.25, -0.2) is 13.4 Å². The summed E-state index contributed by atoms with van der Waals surface area (Å²) in [6.45, 7) is 4.72. The first-order valence-corrected chi connectivity index (χ1v) is 9.02. The molecule has 0 amide bonds. The number of anilines is 1. The Morgan fingerprint density at radius 2 is 2.15 bits per heavy atom. The van der Waals surface area contributed by atoms with Crippen LogP contribution in [0.4, 0.5) is 5.82 Å². The largest absolute Gasteiger partial charge is 0.370 e. The van der Waals surface area contributed by atoms with E-state index in [4.69, 9.17) is 11.6 Å². The minimum atomic E-state index is -2.88. The van der Waals surface area contributed by atoms with Crippen molar-refractivity contribution in [3.8, 4) is 0 Å². The Kier molecular flexibility index (Phi) is 5.23. The van der Waals surface area contributed by atoms with Crippen LogP contribution >= 0.6 is 11.6 Å². The molecule has 0 aliphatic carbocycles. The summed E-state index contributed by atoms with van der Waals surface area (Å²) in [5.41, 5.74) is 0.796. The molecule has 1 N–H and O–H groups in total.